The molecule has 0 spiro atoms. The Morgan fingerprint density at radius 2 is 1.91 bits per heavy atom. The smallest absolute Gasteiger partial charge is 0.0203 e. The fraction of sp³-hybridized carbons (Fsp3) is 0.636. The first-order valence-electron chi connectivity index (χ1n) is 4.64. The maximum Gasteiger partial charge on any atom is -0.0203 e. The van der Waals surface area contributed by atoms with Crippen LogP contribution in [-0.4, -0.2) is 0 Å². The lowest BCUT2D eigenvalue weighted by atomic mass is 9.99. The average Bonchev–Trinajstić information content (AvgIpc) is 2.52. The van der Waals surface area contributed by atoms with Gasteiger partial charge in [-0.1, -0.05) is 36.6 Å². The summed E-state index contributed by atoms with van der Waals surface area (Å²) >= 11 is 0. The van der Waals surface area contributed by atoms with Crippen LogP contribution in [0.15, 0.2) is 23.8 Å². The third kappa shape index (κ3) is 2.53. The van der Waals surface area contributed by atoms with Gasteiger partial charge in [-0.25, -0.2) is 0 Å². The van der Waals surface area contributed by atoms with E-state index < -0.39 is 0 Å². The Balaban J connectivity index is 2.44. The van der Waals surface area contributed by atoms with Gasteiger partial charge in [0.2, 0.25) is 0 Å². The molecule has 0 aliphatic heterocycles. The highest BCUT2D eigenvalue weighted by molar-refractivity contribution is 5.13. The van der Waals surface area contributed by atoms with Crippen molar-refractivity contribution >= 4 is 0 Å². The Morgan fingerprint density at radius 1 is 1.27 bits per heavy atom. The van der Waals surface area contributed by atoms with Gasteiger partial charge in [-0.05, 0) is 32.6 Å². The second kappa shape index (κ2) is 4.38. The lowest BCUT2D eigenvalue weighted by Crippen LogP contribution is -1.93. The van der Waals surface area contributed by atoms with Gasteiger partial charge in [0.25, 0.3) is 0 Å². The third-order valence-corrected chi connectivity index (χ3v) is 2.55. The van der Waals surface area contributed by atoms with Crippen molar-refractivity contribution in [2.24, 2.45) is 5.92 Å². The first kappa shape index (κ1) is 8.58. The normalized spacial score (nSPS) is 21.8. The summed E-state index contributed by atoms with van der Waals surface area (Å²) in [6.45, 7) is 4.33. The van der Waals surface area contributed by atoms with Crippen LogP contribution < -0.4 is 0 Å². The van der Waals surface area contributed by atoms with Gasteiger partial charge >= 0.3 is 0 Å². The van der Waals surface area contributed by atoms with Gasteiger partial charge in [0.15, 0.2) is 0 Å². The highest BCUT2D eigenvalue weighted by Gasteiger charge is 2.15. The molecule has 0 amide bonds. The van der Waals surface area contributed by atoms with E-state index in [-0.39, 0.29) is 0 Å². The molecular formula is C11H18. The SMILES string of the molecule is CC=CC=C(C)C1CCCC1. The van der Waals surface area contributed by atoms with Crippen molar-refractivity contribution in [3.63, 3.8) is 0 Å². The van der Waals surface area contributed by atoms with Crippen LogP contribution in [0.1, 0.15) is 39.5 Å². The molecule has 11 heavy (non-hydrogen) atoms. The molecule has 0 aromatic carbocycles. The highest BCUT2D eigenvalue weighted by Crippen LogP contribution is 2.30. The van der Waals surface area contributed by atoms with Crippen LogP contribution in [0, 0.1) is 5.92 Å². The topological polar surface area (TPSA) is 0 Å². The molecule has 1 saturated carbocycles. The molecule has 0 saturated heterocycles. The summed E-state index contributed by atoms with van der Waals surface area (Å²) in [4.78, 5) is 0. The molecule has 0 nitrogen and oxygen atoms in total. The minimum absolute atomic E-state index is 0.895. The average molecular weight is 150 g/mol. The molecule has 1 fully saturated rings. The molecule has 0 heterocycles. The van der Waals surface area contributed by atoms with Gasteiger partial charge in [0, 0.05) is 0 Å². The van der Waals surface area contributed by atoms with E-state index in [0.29, 0.717) is 0 Å². The Bertz CT molecular complexity index is 157. The lowest BCUT2D eigenvalue weighted by Gasteiger charge is -2.07. The van der Waals surface area contributed by atoms with Crippen molar-refractivity contribution in [3.8, 4) is 0 Å². The van der Waals surface area contributed by atoms with Crippen LogP contribution in [0.3, 0.4) is 0 Å². The van der Waals surface area contributed by atoms with Crippen LogP contribution in [0.25, 0.3) is 0 Å². The maximum atomic E-state index is 2.26. The summed E-state index contributed by atoms with van der Waals surface area (Å²) in [6, 6.07) is 0. The van der Waals surface area contributed by atoms with Gasteiger partial charge in [-0.2, -0.15) is 0 Å². The molecule has 1 aliphatic rings. The van der Waals surface area contributed by atoms with E-state index in [9.17, 15) is 0 Å². The molecule has 1 rings (SSSR count). The number of allylic oxidation sites excluding steroid dienone is 4. The first-order chi connectivity index (χ1) is 5.34. The second-order valence-corrected chi connectivity index (χ2v) is 3.42. The van der Waals surface area contributed by atoms with Crippen LogP contribution in [-0.2, 0) is 0 Å². The van der Waals surface area contributed by atoms with Crippen molar-refractivity contribution in [1.29, 1.82) is 0 Å². The minimum atomic E-state index is 0.895. The van der Waals surface area contributed by atoms with Gasteiger partial charge < -0.3 is 0 Å². The van der Waals surface area contributed by atoms with Gasteiger partial charge in [-0.15, -0.1) is 0 Å². The lowest BCUT2D eigenvalue weighted by molar-refractivity contribution is 0.643. The number of hydrogen-bond donors (Lipinski definition) is 0. The van der Waals surface area contributed by atoms with E-state index in [1.807, 2.05) is 0 Å². The summed E-state index contributed by atoms with van der Waals surface area (Å²) in [5.74, 6) is 0.895. The van der Waals surface area contributed by atoms with Gasteiger partial charge in [0.05, 0.1) is 0 Å². The zero-order valence-corrected chi connectivity index (χ0v) is 7.64. The number of rotatable bonds is 2. The van der Waals surface area contributed by atoms with Crippen molar-refractivity contribution in [1.82, 2.24) is 0 Å². The molecule has 1 aliphatic carbocycles. The standard InChI is InChI=1S/C11H18/c1-3-4-7-10(2)11-8-5-6-9-11/h3-4,7,11H,5-6,8-9H2,1-2H3. The Kier molecular flexibility index (Phi) is 3.41. The summed E-state index contributed by atoms with van der Waals surface area (Å²) in [7, 11) is 0. The first-order valence-corrected chi connectivity index (χ1v) is 4.64. The summed E-state index contributed by atoms with van der Waals surface area (Å²) < 4.78 is 0. The van der Waals surface area contributed by atoms with Crippen molar-refractivity contribution in [2.75, 3.05) is 0 Å². The van der Waals surface area contributed by atoms with E-state index in [4.69, 9.17) is 0 Å². The van der Waals surface area contributed by atoms with Gasteiger partial charge in [0.1, 0.15) is 0 Å². The Morgan fingerprint density at radius 3 is 2.45 bits per heavy atom. The van der Waals surface area contributed by atoms with Gasteiger partial charge in [-0.3, -0.25) is 0 Å². The summed E-state index contributed by atoms with van der Waals surface area (Å²) in [5.41, 5.74) is 1.57. The predicted octanol–water partition coefficient (Wildman–Crippen LogP) is 3.70. The molecule has 0 radical (unpaired) electrons. The zero-order chi connectivity index (χ0) is 8.10. The molecule has 0 aromatic heterocycles. The molecule has 0 atom stereocenters. The van der Waals surface area contributed by atoms with Crippen molar-refractivity contribution in [3.05, 3.63) is 23.8 Å². The predicted molar refractivity (Wildman–Crippen MR) is 50.5 cm³/mol. The van der Waals surface area contributed by atoms with E-state index in [1.54, 1.807) is 5.57 Å². The highest BCUT2D eigenvalue weighted by atomic mass is 14.2. The zero-order valence-electron chi connectivity index (χ0n) is 7.64. The minimum Gasteiger partial charge on any atom is -0.0877 e. The third-order valence-electron chi connectivity index (χ3n) is 2.55. The van der Waals surface area contributed by atoms with Crippen LogP contribution >= 0.6 is 0 Å². The van der Waals surface area contributed by atoms with E-state index in [0.717, 1.165) is 5.92 Å². The molecule has 0 aromatic rings. The molecular weight excluding hydrogens is 132 g/mol. The number of hydrogen-bond acceptors (Lipinski definition) is 0. The van der Waals surface area contributed by atoms with E-state index in [1.165, 1.54) is 25.7 Å². The molecule has 0 unspecified atom stereocenters. The summed E-state index contributed by atoms with van der Waals surface area (Å²) in [5, 5.41) is 0. The monoisotopic (exact) mass is 150 g/mol. The molecule has 0 N–H and O–H groups in total. The molecule has 0 bridgehead atoms. The van der Waals surface area contributed by atoms with E-state index in [2.05, 4.69) is 32.1 Å². The largest absolute Gasteiger partial charge is 0.0877 e. The molecule has 62 valence electrons. The fourth-order valence-corrected chi connectivity index (χ4v) is 1.77. The fourth-order valence-electron chi connectivity index (χ4n) is 1.77. The van der Waals surface area contributed by atoms with Crippen molar-refractivity contribution in [2.45, 2.75) is 39.5 Å². The maximum absolute atomic E-state index is 2.26. The van der Waals surface area contributed by atoms with Crippen LogP contribution in [0.5, 0.6) is 0 Å². The Labute approximate surface area is 70.0 Å². The second-order valence-electron chi connectivity index (χ2n) is 3.42. The van der Waals surface area contributed by atoms with Crippen molar-refractivity contribution < 1.29 is 0 Å². The molecule has 0 heteroatoms. The van der Waals surface area contributed by atoms with E-state index >= 15 is 0 Å². The Hall–Kier alpha value is -0.520. The van der Waals surface area contributed by atoms with Crippen LogP contribution in [0.2, 0.25) is 0 Å². The summed E-state index contributed by atoms with van der Waals surface area (Å²) in [6.07, 6.45) is 12.2. The van der Waals surface area contributed by atoms with Crippen LogP contribution in [0.4, 0.5) is 0 Å². The quantitative estimate of drug-likeness (QED) is 0.526.